The van der Waals surface area contributed by atoms with E-state index in [-0.39, 0.29) is 18.5 Å². The first kappa shape index (κ1) is 16.1. The molecule has 5 nitrogen and oxygen atoms in total. The molecule has 0 radical (unpaired) electrons. The highest BCUT2D eigenvalue weighted by Gasteiger charge is 2.33. The smallest absolute Gasteiger partial charge is 0.329 e. The van der Waals surface area contributed by atoms with Crippen LogP contribution in [0.25, 0.3) is 6.08 Å². The largest absolute Gasteiger partial charge is 0.352 e. The molecule has 2 aromatic rings. The highest BCUT2D eigenvalue weighted by molar-refractivity contribution is 6.13. The van der Waals surface area contributed by atoms with Crippen LogP contribution >= 0.6 is 0 Å². The molecule has 1 aliphatic rings. The van der Waals surface area contributed by atoms with Crippen LogP contribution < -0.4 is 5.32 Å². The van der Waals surface area contributed by atoms with Gasteiger partial charge < -0.3 is 9.88 Å². The molecule has 0 atom stereocenters. The summed E-state index contributed by atoms with van der Waals surface area (Å²) in [6.07, 6.45) is 1.75. The normalized spacial score (nSPS) is 16.2. The number of urea groups is 1. The summed E-state index contributed by atoms with van der Waals surface area (Å²) in [4.78, 5) is 26.0. The fourth-order valence-electron chi connectivity index (χ4n) is 2.78. The van der Waals surface area contributed by atoms with Crippen molar-refractivity contribution in [1.29, 1.82) is 0 Å². The Morgan fingerprint density at radius 1 is 1.08 bits per heavy atom. The number of hydrogen-bond acceptors (Lipinski definition) is 2. The Hall–Kier alpha value is -2.82. The van der Waals surface area contributed by atoms with Crippen molar-refractivity contribution in [2.45, 2.75) is 27.3 Å². The summed E-state index contributed by atoms with van der Waals surface area (Å²) in [6.45, 7) is 6.27. The third kappa shape index (κ3) is 2.85. The number of rotatable bonds is 3. The predicted molar refractivity (Wildman–Crippen MR) is 93.1 cm³/mol. The SMILES string of the molecule is Cc1ccc(CN2C(=O)N/C(=C/c3cc(C)n(C)c3C)C2=O)cc1. The van der Waals surface area contributed by atoms with Gasteiger partial charge in [-0.15, -0.1) is 0 Å². The van der Waals surface area contributed by atoms with E-state index >= 15 is 0 Å². The standard InChI is InChI=1S/C19H21N3O2/c1-12-5-7-15(8-6-12)11-22-18(23)17(20-19(22)24)10-16-9-13(2)21(4)14(16)3/h5-10H,11H2,1-4H3,(H,20,24)/b17-10+. The molecule has 1 aliphatic heterocycles. The zero-order chi connectivity index (χ0) is 17.4. The molecule has 1 fully saturated rings. The average Bonchev–Trinajstić information content (AvgIpc) is 2.95. The summed E-state index contributed by atoms with van der Waals surface area (Å²) in [5.74, 6) is -0.290. The Morgan fingerprint density at radius 3 is 2.33 bits per heavy atom. The van der Waals surface area contributed by atoms with Gasteiger partial charge in [0.25, 0.3) is 5.91 Å². The van der Waals surface area contributed by atoms with E-state index in [0.717, 1.165) is 28.1 Å². The average molecular weight is 323 g/mol. The molecule has 2 heterocycles. The van der Waals surface area contributed by atoms with Crippen molar-refractivity contribution in [2.24, 2.45) is 7.05 Å². The maximum atomic E-state index is 12.6. The number of carbonyl (C=O) groups excluding carboxylic acids is 2. The number of aromatic nitrogens is 1. The predicted octanol–water partition coefficient (Wildman–Crippen LogP) is 3.04. The molecule has 1 N–H and O–H groups in total. The van der Waals surface area contributed by atoms with Crippen LogP contribution in [0.15, 0.2) is 36.0 Å². The third-order valence-electron chi connectivity index (χ3n) is 4.54. The number of amides is 3. The lowest BCUT2D eigenvalue weighted by Crippen LogP contribution is -2.30. The summed E-state index contributed by atoms with van der Waals surface area (Å²) in [5.41, 5.74) is 5.49. The van der Waals surface area contributed by atoms with E-state index in [1.807, 2.05) is 58.2 Å². The Bertz CT molecular complexity index is 844. The number of nitrogens with zero attached hydrogens (tertiary/aromatic N) is 2. The van der Waals surface area contributed by atoms with Gasteiger partial charge in [0.1, 0.15) is 5.70 Å². The molecule has 0 unspecified atom stereocenters. The van der Waals surface area contributed by atoms with Crippen LogP contribution in [0.4, 0.5) is 4.79 Å². The zero-order valence-electron chi connectivity index (χ0n) is 14.4. The van der Waals surface area contributed by atoms with Crippen LogP contribution in [-0.4, -0.2) is 21.4 Å². The minimum Gasteiger partial charge on any atom is -0.352 e. The van der Waals surface area contributed by atoms with Gasteiger partial charge in [-0.2, -0.15) is 0 Å². The zero-order valence-corrected chi connectivity index (χ0v) is 14.4. The Morgan fingerprint density at radius 2 is 1.75 bits per heavy atom. The van der Waals surface area contributed by atoms with E-state index in [2.05, 4.69) is 9.88 Å². The van der Waals surface area contributed by atoms with Gasteiger partial charge in [0.2, 0.25) is 0 Å². The van der Waals surface area contributed by atoms with E-state index in [1.165, 1.54) is 4.90 Å². The monoisotopic (exact) mass is 323 g/mol. The maximum Gasteiger partial charge on any atom is 0.329 e. The molecular formula is C19H21N3O2. The summed E-state index contributed by atoms with van der Waals surface area (Å²) < 4.78 is 2.05. The van der Waals surface area contributed by atoms with Gasteiger partial charge in [0, 0.05) is 18.4 Å². The third-order valence-corrected chi connectivity index (χ3v) is 4.54. The number of hydrogen-bond donors (Lipinski definition) is 1. The first-order valence-corrected chi connectivity index (χ1v) is 7.90. The number of benzene rings is 1. The van der Waals surface area contributed by atoms with Gasteiger partial charge in [-0.25, -0.2) is 4.79 Å². The van der Waals surface area contributed by atoms with E-state index in [9.17, 15) is 9.59 Å². The Kier molecular flexibility index (Phi) is 4.01. The lowest BCUT2D eigenvalue weighted by atomic mass is 10.1. The van der Waals surface area contributed by atoms with E-state index < -0.39 is 0 Å². The first-order chi connectivity index (χ1) is 11.4. The van der Waals surface area contributed by atoms with Crippen LogP contribution in [0.1, 0.15) is 28.1 Å². The first-order valence-electron chi connectivity index (χ1n) is 7.90. The quantitative estimate of drug-likeness (QED) is 0.697. The van der Waals surface area contributed by atoms with Crippen LogP contribution in [0, 0.1) is 20.8 Å². The highest BCUT2D eigenvalue weighted by atomic mass is 16.2. The van der Waals surface area contributed by atoms with Gasteiger partial charge >= 0.3 is 6.03 Å². The fraction of sp³-hybridized carbons (Fsp3) is 0.263. The highest BCUT2D eigenvalue weighted by Crippen LogP contribution is 2.20. The lowest BCUT2D eigenvalue weighted by molar-refractivity contribution is -0.123. The topological polar surface area (TPSA) is 54.3 Å². The van der Waals surface area contributed by atoms with Gasteiger partial charge in [0.05, 0.1) is 6.54 Å². The second-order valence-corrected chi connectivity index (χ2v) is 6.25. The van der Waals surface area contributed by atoms with Crippen molar-refractivity contribution >= 4 is 18.0 Å². The van der Waals surface area contributed by atoms with Crippen LogP contribution in [0.3, 0.4) is 0 Å². The van der Waals surface area contributed by atoms with Crippen LogP contribution in [0.5, 0.6) is 0 Å². The summed E-state index contributed by atoms with van der Waals surface area (Å²) >= 11 is 0. The summed E-state index contributed by atoms with van der Waals surface area (Å²) in [5, 5.41) is 2.68. The van der Waals surface area contributed by atoms with Crippen molar-refractivity contribution in [2.75, 3.05) is 0 Å². The molecule has 3 amide bonds. The van der Waals surface area contributed by atoms with Gasteiger partial charge in [0.15, 0.2) is 0 Å². The molecule has 1 aromatic heterocycles. The maximum absolute atomic E-state index is 12.6. The molecule has 0 spiro atoms. The molecule has 1 saturated heterocycles. The van der Waals surface area contributed by atoms with Crippen LogP contribution in [0.2, 0.25) is 0 Å². The van der Waals surface area contributed by atoms with E-state index in [0.29, 0.717) is 5.70 Å². The van der Waals surface area contributed by atoms with Crippen molar-refractivity contribution in [1.82, 2.24) is 14.8 Å². The molecule has 0 aliphatic carbocycles. The van der Waals surface area contributed by atoms with Crippen LogP contribution in [-0.2, 0) is 18.4 Å². The Labute approximate surface area is 141 Å². The van der Waals surface area contributed by atoms with Gasteiger partial charge in [-0.1, -0.05) is 29.8 Å². The van der Waals surface area contributed by atoms with Gasteiger partial charge in [-0.05, 0) is 44.0 Å². The molecule has 0 bridgehead atoms. The fourth-order valence-corrected chi connectivity index (χ4v) is 2.78. The van der Waals surface area contributed by atoms with Crippen molar-refractivity contribution in [3.8, 4) is 0 Å². The summed E-state index contributed by atoms with van der Waals surface area (Å²) in [7, 11) is 1.98. The van der Waals surface area contributed by atoms with Crippen molar-refractivity contribution in [3.05, 3.63) is 64.1 Å². The number of carbonyl (C=O) groups is 2. The minimum atomic E-state index is -0.378. The minimum absolute atomic E-state index is 0.273. The molecule has 1 aromatic carbocycles. The number of imide groups is 1. The summed E-state index contributed by atoms with van der Waals surface area (Å²) in [6, 6.07) is 9.44. The van der Waals surface area contributed by atoms with Gasteiger partial charge in [-0.3, -0.25) is 9.69 Å². The second-order valence-electron chi connectivity index (χ2n) is 6.25. The molecule has 5 heteroatoms. The Balaban J connectivity index is 1.84. The molecule has 124 valence electrons. The van der Waals surface area contributed by atoms with E-state index in [4.69, 9.17) is 0 Å². The lowest BCUT2D eigenvalue weighted by Gasteiger charge is -2.11. The molecule has 24 heavy (non-hydrogen) atoms. The number of nitrogens with one attached hydrogen (secondary N) is 1. The second kappa shape index (κ2) is 6.00. The van der Waals surface area contributed by atoms with Crippen molar-refractivity contribution < 1.29 is 9.59 Å². The molecule has 3 rings (SSSR count). The van der Waals surface area contributed by atoms with Crippen molar-refractivity contribution in [3.63, 3.8) is 0 Å². The molecular weight excluding hydrogens is 302 g/mol. The number of aryl methyl sites for hydroxylation is 2. The molecule has 0 saturated carbocycles. The van der Waals surface area contributed by atoms with E-state index in [1.54, 1.807) is 6.08 Å².